The van der Waals surface area contributed by atoms with Crippen LogP contribution in [0.3, 0.4) is 0 Å². The first kappa shape index (κ1) is 11.2. The second-order valence-corrected chi connectivity index (χ2v) is 3.80. The van der Waals surface area contributed by atoms with E-state index in [1.165, 1.54) is 6.92 Å². The average Bonchev–Trinajstić information content (AvgIpc) is 2.30. The van der Waals surface area contributed by atoms with Crippen molar-refractivity contribution in [2.75, 3.05) is 0 Å². The second kappa shape index (κ2) is 4.70. The first-order valence-corrected chi connectivity index (χ1v) is 5.33. The molecule has 0 aromatic carbocycles. The number of carbonyl (C=O) groups excluding carboxylic acids is 1. The van der Waals surface area contributed by atoms with Crippen molar-refractivity contribution >= 4 is 17.3 Å². The second-order valence-electron chi connectivity index (χ2n) is 3.80. The average molecular weight is 225 g/mol. The van der Waals surface area contributed by atoms with Gasteiger partial charge in [-0.2, -0.15) is 0 Å². The van der Waals surface area contributed by atoms with Gasteiger partial charge in [0.2, 0.25) is 5.91 Å². The summed E-state index contributed by atoms with van der Waals surface area (Å²) in [5, 5.41) is 5.63. The van der Waals surface area contributed by atoms with Crippen molar-refractivity contribution in [3.05, 3.63) is 59.8 Å². The predicted octanol–water partition coefficient (Wildman–Crippen LogP) is 0.723. The molecule has 0 aromatic rings. The van der Waals surface area contributed by atoms with Gasteiger partial charge in [-0.25, -0.2) is 4.99 Å². The van der Waals surface area contributed by atoms with E-state index in [-0.39, 0.29) is 5.91 Å². The highest BCUT2D eigenvalue weighted by molar-refractivity contribution is 6.10. The SMILES string of the molecule is CC(=O)N=C1C=CC(=C2C=CC(=[NH2+])C=C2)C=C1. The Labute approximate surface area is 99.8 Å². The summed E-state index contributed by atoms with van der Waals surface area (Å²) in [6.45, 7) is 1.44. The van der Waals surface area contributed by atoms with Crippen LogP contribution >= 0.6 is 0 Å². The van der Waals surface area contributed by atoms with E-state index >= 15 is 0 Å². The molecule has 1 amide bonds. The van der Waals surface area contributed by atoms with Crippen molar-refractivity contribution in [2.24, 2.45) is 4.99 Å². The van der Waals surface area contributed by atoms with Crippen LogP contribution in [0.15, 0.2) is 64.7 Å². The molecule has 84 valence electrons. The summed E-state index contributed by atoms with van der Waals surface area (Å²) in [6, 6.07) is 0. The fraction of sp³-hybridized carbons (Fsp3) is 0.0714. The molecule has 0 atom stereocenters. The maximum absolute atomic E-state index is 10.8. The Morgan fingerprint density at radius 2 is 1.41 bits per heavy atom. The maximum atomic E-state index is 10.8. The van der Waals surface area contributed by atoms with E-state index in [1.807, 2.05) is 48.6 Å². The van der Waals surface area contributed by atoms with Gasteiger partial charge >= 0.3 is 0 Å². The minimum absolute atomic E-state index is 0.190. The summed E-state index contributed by atoms with van der Waals surface area (Å²) in [4.78, 5) is 14.7. The lowest BCUT2D eigenvalue weighted by molar-refractivity contribution is -0.115. The van der Waals surface area contributed by atoms with E-state index in [1.54, 1.807) is 0 Å². The van der Waals surface area contributed by atoms with Crippen molar-refractivity contribution in [3.8, 4) is 0 Å². The fourth-order valence-electron chi connectivity index (χ4n) is 1.59. The fourth-order valence-corrected chi connectivity index (χ4v) is 1.59. The molecule has 0 radical (unpaired) electrons. The minimum atomic E-state index is -0.190. The van der Waals surface area contributed by atoms with E-state index in [9.17, 15) is 4.79 Å². The molecule has 0 spiro atoms. The zero-order valence-corrected chi connectivity index (χ0v) is 9.55. The monoisotopic (exact) mass is 225 g/mol. The van der Waals surface area contributed by atoms with Gasteiger partial charge in [-0.05, 0) is 35.5 Å². The Bertz CT molecular complexity index is 519. The van der Waals surface area contributed by atoms with Gasteiger partial charge in [0.15, 0.2) is 5.71 Å². The molecule has 17 heavy (non-hydrogen) atoms. The number of allylic oxidation sites excluding steroid dienone is 10. The van der Waals surface area contributed by atoms with Crippen molar-refractivity contribution in [1.29, 1.82) is 0 Å². The molecule has 0 unspecified atom stereocenters. The minimum Gasteiger partial charge on any atom is -0.273 e. The summed E-state index contributed by atoms with van der Waals surface area (Å²) in [5.41, 5.74) is 3.59. The quantitative estimate of drug-likeness (QED) is 0.649. The first-order valence-electron chi connectivity index (χ1n) is 5.33. The summed E-state index contributed by atoms with van der Waals surface area (Å²) >= 11 is 0. The van der Waals surface area contributed by atoms with Crippen molar-refractivity contribution < 1.29 is 10.2 Å². The maximum Gasteiger partial charge on any atom is 0.243 e. The van der Waals surface area contributed by atoms with Gasteiger partial charge in [0, 0.05) is 19.1 Å². The smallest absolute Gasteiger partial charge is 0.243 e. The number of hydrogen-bond acceptors (Lipinski definition) is 1. The Morgan fingerprint density at radius 1 is 0.941 bits per heavy atom. The van der Waals surface area contributed by atoms with E-state index in [0.29, 0.717) is 5.71 Å². The molecule has 2 N–H and O–H groups in total. The van der Waals surface area contributed by atoms with Gasteiger partial charge < -0.3 is 0 Å². The van der Waals surface area contributed by atoms with Crippen LogP contribution in [0.25, 0.3) is 0 Å². The van der Waals surface area contributed by atoms with Crippen LogP contribution in [0.2, 0.25) is 0 Å². The Hall–Kier alpha value is -2.29. The molecule has 3 nitrogen and oxygen atoms in total. The molecule has 0 fully saturated rings. The highest BCUT2D eigenvalue weighted by Gasteiger charge is 2.05. The first-order chi connectivity index (χ1) is 8.15. The van der Waals surface area contributed by atoms with Gasteiger partial charge in [0.05, 0.1) is 5.71 Å². The van der Waals surface area contributed by atoms with Gasteiger partial charge in [0.1, 0.15) is 0 Å². The van der Waals surface area contributed by atoms with Crippen LogP contribution in [0.1, 0.15) is 6.92 Å². The zero-order chi connectivity index (χ0) is 12.3. The van der Waals surface area contributed by atoms with Crippen molar-refractivity contribution in [1.82, 2.24) is 0 Å². The summed E-state index contributed by atoms with van der Waals surface area (Å²) in [5.74, 6) is -0.190. The van der Waals surface area contributed by atoms with Crippen LogP contribution in [-0.2, 0) is 4.79 Å². The van der Waals surface area contributed by atoms with Gasteiger partial charge in [-0.1, -0.05) is 12.2 Å². The number of amides is 1. The van der Waals surface area contributed by atoms with E-state index in [4.69, 9.17) is 5.41 Å². The third-order valence-corrected chi connectivity index (χ3v) is 2.40. The van der Waals surface area contributed by atoms with Crippen LogP contribution in [0.4, 0.5) is 0 Å². The van der Waals surface area contributed by atoms with Crippen molar-refractivity contribution in [2.45, 2.75) is 6.92 Å². The highest BCUT2D eigenvalue weighted by Crippen LogP contribution is 2.17. The summed E-state index contributed by atoms with van der Waals surface area (Å²) < 4.78 is 0. The Balaban J connectivity index is 2.25. The standard InChI is InChI=1S/C14H12N2O/c1-10(17)16-14-8-4-12(5-9-14)11-2-6-13(15)7-3-11/h2-9,15H,1H3/p+1. The molecule has 0 aromatic heterocycles. The lowest BCUT2D eigenvalue weighted by Gasteiger charge is -2.07. The van der Waals surface area contributed by atoms with E-state index in [2.05, 4.69) is 4.99 Å². The molecular formula is C14H13N2O+. The third-order valence-electron chi connectivity index (χ3n) is 2.40. The molecule has 0 saturated carbocycles. The van der Waals surface area contributed by atoms with Gasteiger partial charge in [0.25, 0.3) is 0 Å². The van der Waals surface area contributed by atoms with E-state index < -0.39 is 0 Å². The zero-order valence-electron chi connectivity index (χ0n) is 9.55. The predicted molar refractivity (Wildman–Crippen MR) is 68.6 cm³/mol. The normalized spacial score (nSPS) is 17.9. The summed E-state index contributed by atoms with van der Waals surface area (Å²) in [6.07, 6.45) is 15.2. The molecule has 2 aliphatic rings. The lowest BCUT2D eigenvalue weighted by atomic mass is 9.98. The topological polar surface area (TPSA) is 55.0 Å². The van der Waals surface area contributed by atoms with E-state index in [0.717, 1.165) is 16.9 Å². The molecular weight excluding hydrogens is 212 g/mol. The van der Waals surface area contributed by atoms with Crippen LogP contribution in [0.5, 0.6) is 0 Å². The number of carbonyl (C=O) groups is 1. The Kier molecular flexibility index (Phi) is 3.10. The molecule has 0 saturated heterocycles. The van der Waals surface area contributed by atoms with Crippen LogP contribution in [0, 0.1) is 0 Å². The molecule has 3 heteroatoms. The molecule has 2 aliphatic carbocycles. The molecule has 2 rings (SSSR count). The number of nitrogens with two attached hydrogens (primary N) is 1. The summed E-state index contributed by atoms with van der Waals surface area (Å²) in [7, 11) is 0. The van der Waals surface area contributed by atoms with Crippen LogP contribution < -0.4 is 5.41 Å². The largest absolute Gasteiger partial charge is 0.273 e. The number of aliphatic imine (C=N–C) groups is 1. The third kappa shape index (κ3) is 2.84. The Morgan fingerprint density at radius 3 is 1.88 bits per heavy atom. The van der Waals surface area contributed by atoms with Crippen LogP contribution in [-0.4, -0.2) is 17.3 Å². The number of rotatable bonds is 0. The van der Waals surface area contributed by atoms with Gasteiger partial charge in [-0.3, -0.25) is 10.2 Å². The molecule has 0 heterocycles. The number of hydrogen-bond donors (Lipinski definition) is 1. The van der Waals surface area contributed by atoms with Gasteiger partial charge in [-0.15, -0.1) is 0 Å². The molecule has 0 aliphatic heterocycles. The highest BCUT2D eigenvalue weighted by atomic mass is 16.1. The molecule has 0 bridgehead atoms. The lowest BCUT2D eigenvalue weighted by Crippen LogP contribution is -2.37. The van der Waals surface area contributed by atoms with Crippen molar-refractivity contribution in [3.63, 3.8) is 0 Å². The number of nitrogens with zero attached hydrogens (tertiary/aromatic N) is 1.